The molecule has 0 spiro atoms. The van der Waals surface area contributed by atoms with Crippen LogP contribution < -0.4 is 5.32 Å². The van der Waals surface area contributed by atoms with E-state index in [1.54, 1.807) is 32.0 Å². The minimum Gasteiger partial charge on any atom is -0.360 e. The highest BCUT2D eigenvalue weighted by Gasteiger charge is 2.41. The maximum absolute atomic E-state index is 13.8. The number of anilines is 1. The van der Waals surface area contributed by atoms with Gasteiger partial charge in [-0.25, -0.2) is 4.68 Å². The number of hydrogen-bond donors (Lipinski definition) is 1. The maximum atomic E-state index is 13.8. The van der Waals surface area contributed by atoms with Gasteiger partial charge in [-0.05, 0) is 25.5 Å². The molecule has 0 aliphatic carbocycles. The van der Waals surface area contributed by atoms with Crippen LogP contribution in [0.2, 0.25) is 0 Å². The van der Waals surface area contributed by atoms with E-state index in [4.69, 9.17) is 4.52 Å². The molecule has 2 aromatic heterocycles. The average Bonchev–Trinajstić information content (AvgIpc) is 3.27. The molecular formula is C19H18F3N5O3. The number of likely N-dealkylation sites (N-methyl/N-ethyl adjacent to an activating group) is 1. The van der Waals surface area contributed by atoms with Crippen LogP contribution in [-0.4, -0.2) is 45.2 Å². The zero-order valence-electron chi connectivity index (χ0n) is 16.3. The number of benzene rings is 1. The van der Waals surface area contributed by atoms with E-state index in [-0.39, 0.29) is 11.5 Å². The molecule has 0 saturated heterocycles. The van der Waals surface area contributed by atoms with E-state index >= 15 is 0 Å². The predicted molar refractivity (Wildman–Crippen MR) is 100 cm³/mol. The van der Waals surface area contributed by atoms with Crippen LogP contribution in [0.5, 0.6) is 0 Å². The second kappa shape index (κ2) is 8.01. The number of hydrogen-bond acceptors (Lipinski definition) is 5. The summed E-state index contributed by atoms with van der Waals surface area (Å²) >= 11 is 0. The van der Waals surface area contributed by atoms with Crippen LogP contribution in [0.4, 0.5) is 19.0 Å². The highest BCUT2D eigenvalue weighted by molar-refractivity contribution is 5.99. The molecular weight excluding hydrogens is 403 g/mol. The number of alkyl halides is 3. The van der Waals surface area contributed by atoms with E-state index in [1.165, 1.54) is 19.2 Å². The number of rotatable bonds is 5. The van der Waals surface area contributed by atoms with Gasteiger partial charge in [0.05, 0.1) is 24.0 Å². The molecule has 0 fully saturated rings. The summed E-state index contributed by atoms with van der Waals surface area (Å²) in [4.78, 5) is 25.7. The SMILES string of the molecule is Cc1cc(NC(=O)CN(C)C(=O)c2cnn(-c3ccccc3C)c2C(F)(F)F)no1. The lowest BCUT2D eigenvalue weighted by Gasteiger charge is -2.18. The maximum Gasteiger partial charge on any atom is 0.434 e. The Morgan fingerprint density at radius 1 is 1.23 bits per heavy atom. The van der Waals surface area contributed by atoms with E-state index in [9.17, 15) is 22.8 Å². The van der Waals surface area contributed by atoms with Crippen LogP contribution in [0, 0.1) is 13.8 Å². The van der Waals surface area contributed by atoms with E-state index in [1.807, 2.05) is 0 Å². The summed E-state index contributed by atoms with van der Waals surface area (Å²) in [5, 5.41) is 9.78. The Morgan fingerprint density at radius 2 is 1.93 bits per heavy atom. The van der Waals surface area contributed by atoms with Gasteiger partial charge in [0, 0.05) is 13.1 Å². The number of nitrogens with zero attached hydrogens (tertiary/aromatic N) is 4. The van der Waals surface area contributed by atoms with Crippen LogP contribution in [-0.2, 0) is 11.0 Å². The van der Waals surface area contributed by atoms with Gasteiger partial charge in [-0.3, -0.25) is 9.59 Å². The molecule has 3 rings (SSSR count). The van der Waals surface area contributed by atoms with E-state index in [0.29, 0.717) is 16.0 Å². The van der Waals surface area contributed by atoms with E-state index < -0.39 is 35.8 Å². The Morgan fingerprint density at radius 3 is 2.53 bits per heavy atom. The normalized spacial score (nSPS) is 11.4. The first kappa shape index (κ1) is 21.1. The summed E-state index contributed by atoms with van der Waals surface area (Å²) in [6, 6.07) is 7.84. The second-order valence-electron chi connectivity index (χ2n) is 6.64. The third-order valence-corrected chi connectivity index (χ3v) is 4.23. The van der Waals surface area contributed by atoms with E-state index in [0.717, 1.165) is 11.1 Å². The fourth-order valence-electron chi connectivity index (χ4n) is 2.86. The third-order valence-electron chi connectivity index (χ3n) is 4.23. The summed E-state index contributed by atoms with van der Waals surface area (Å²) in [7, 11) is 1.22. The van der Waals surface area contributed by atoms with Gasteiger partial charge in [-0.15, -0.1) is 0 Å². The largest absolute Gasteiger partial charge is 0.434 e. The Kier molecular flexibility index (Phi) is 5.63. The van der Waals surface area contributed by atoms with Crippen molar-refractivity contribution in [3.05, 3.63) is 59.1 Å². The molecule has 0 aliphatic rings. The Bertz CT molecular complexity index is 1090. The fourth-order valence-corrected chi connectivity index (χ4v) is 2.86. The minimum atomic E-state index is -4.84. The molecule has 11 heteroatoms. The molecule has 0 aliphatic heterocycles. The monoisotopic (exact) mass is 421 g/mol. The molecule has 0 atom stereocenters. The van der Waals surface area contributed by atoms with Gasteiger partial charge in [0.1, 0.15) is 5.76 Å². The summed E-state index contributed by atoms with van der Waals surface area (Å²) < 4.78 is 46.9. The van der Waals surface area contributed by atoms with Crippen molar-refractivity contribution in [2.75, 3.05) is 18.9 Å². The number of halogens is 3. The number of amides is 2. The molecule has 2 heterocycles. The molecule has 3 aromatic rings. The topological polar surface area (TPSA) is 93.3 Å². The van der Waals surface area contributed by atoms with Crippen LogP contribution in [0.25, 0.3) is 5.69 Å². The Labute approximate surface area is 169 Å². The van der Waals surface area contributed by atoms with Crippen molar-refractivity contribution in [3.63, 3.8) is 0 Å². The van der Waals surface area contributed by atoms with Gasteiger partial charge >= 0.3 is 6.18 Å². The van der Waals surface area contributed by atoms with Crippen LogP contribution in [0.15, 0.2) is 41.1 Å². The smallest absolute Gasteiger partial charge is 0.360 e. The quantitative estimate of drug-likeness (QED) is 0.683. The number of carbonyl (C=O) groups is 2. The van der Waals surface area contributed by atoms with Gasteiger partial charge < -0.3 is 14.7 Å². The highest BCUT2D eigenvalue weighted by Crippen LogP contribution is 2.34. The predicted octanol–water partition coefficient (Wildman–Crippen LogP) is 3.21. The zero-order chi connectivity index (χ0) is 22.1. The van der Waals surface area contributed by atoms with Crippen molar-refractivity contribution >= 4 is 17.6 Å². The molecule has 8 nitrogen and oxygen atoms in total. The van der Waals surface area contributed by atoms with Crippen molar-refractivity contribution < 1.29 is 27.3 Å². The lowest BCUT2D eigenvalue weighted by atomic mass is 10.1. The third kappa shape index (κ3) is 4.34. The summed E-state index contributed by atoms with van der Waals surface area (Å²) in [6.45, 7) is 2.78. The summed E-state index contributed by atoms with van der Waals surface area (Å²) in [5.41, 5.74) is -1.11. The van der Waals surface area contributed by atoms with E-state index in [2.05, 4.69) is 15.6 Å². The summed E-state index contributed by atoms with van der Waals surface area (Å²) in [5.74, 6) is -1.03. The molecule has 1 aromatic carbocycles. The van der Waals surface area contributed by atoms with Crippen molar-refractivity contribution in [1.82, 2.24) is 19.8 Å². The van der Waals surface area contributed by atoms with Crippen molar-refractivity contribution in [3.8, 4) is 5.69 Å². The minimum absolute atomic E-state index is 0.140. The zero-order valence-corrected chi connectivity index (χ0v) is 16.3. The van der Waals surface area contributed by atoms with Crippen LogP contribution in [0.1, 0.15) is 27.4 Å². The first-order valence-electron chi connectivity index (χ1n) is 8.77. The number of aromatic nitrogens is 3. The molecule has 30 heavy (non-hydrogen) atoms. The molecule has 158 valence electrons. The Balaban J connectivity index is 1.86. The van der Waals surface area contributed by atoms with Crippen LogP contribution in [0.3, 0.4) is 0 Å². The fraction of sp³-hybridized carbons (Fsp3) is 0.263. The number of aryl methyl sites for hydroxylation is 2. The number of carbonyl (C=O) groups excluding carboxylic acids is 2. The standard InChI is InChI=1S/C19H18F3N5O3/c1-11-6-4-5-7-14(11)27-17(19(20,21)22)13(9-23-27)18(29)26(3)10-16(28)24-15-8-12(2)30-25-15/h4-9H,10H2,1-3H3,(H,24,25,28). The molecule has 0 bridgehead atoms. The van der Waals surface area contributed by atoms with Crippen molar-refractivity contribution in [2.24, 2.45) is 0 Å². The first-order chi connectivity index (χ1) is 14.1. The van der Waals surface area contributed by atoms with Crippen molar-refractivity contribution in [1.29, 1.82) is 0 Å². The lowest BCUT2D eigenvalue weighted by molar-refractivity contribution is -0.143. The van der Waals surface area contributed by atoms with Gasteiger partial charge in [-0.1, -0.05) is 23.4 Å². The van der Waals surface area contributed by atoms with Gasteiger partial charge in [-0.2, -0.15) is 18.3 Å². The van der Waals surface area contributed by atoms with Gasteiger partial charge in [0.25, 0.3) is 5.91 Å². The molecule has 1 N–H and O–H groups in total. The van der Waals surface area contributed by atoms with Gasteiger partial charge in [0.15, 0.2) is 11.5 Å². The molecule has 2 amide bonds. The molecule has 0 unspecified atom stereocenters. The number of para-hydroxylation sites is 1. The summed E-state index contributed by atoms with van der Waals surface area (Å²) in [6.07, 6.45) is -3.99. The molecule has 0 radical (unpaired) electrons. The highest BCUT2D eigenvalue weighted by atomic mass is 19.4. The lowest BCUT2D eigenvalue weighted by Crippen LogP contribution is -2.36. The molecule has 0 saturated carbocycles. The first-order valence-corrected chi connectivity index (χ1v) is 8.77. The second-order valence-corrected chi connectivity index (χ2v) is 6.64. The number of nitrogens with one attached hydrogen (secondary N) is 1. The van der Waals surface area contributed by atoms with Gasteiger partial charge in [0.2, 0.25) is 5.91 Å². The van der Waals surface area contributed by atoms with Crippen LogP contribution >= 0.6 is 0 Å². The van der Waals surface area contributed by atoms with Crippen molar-refractivity contribution in [2.45, 2.75) is 20.0 Å². The average molecular weight is 421 g/mol. The Hall–Kier alpha value is -3.63.